The molecule has 14 aromatic rings. The van der Waals surface area contributed by atoms with Crippen molar-refractivity contribution in [3.63, 3.8) is 0 Å². The van der Waals surface area contributed by atoms with Crippen LogP contribution in [0.1, 0.15) is 88.3 Å². The number of aryl methyl sites for hydroxylation is 2. The summed E-state index contributed by atoms with van der Waals surface area (Å²) in [6.07, 6.45) is 14.8. The number of hydrogen-bond acceptors (Lipinski definition) is 10. The quantitative estimate of drug-likeness (QED) is 0.0721. The second-order valence-electron chi connectivity index (χ2n) is 23.9. The monoisotopic (exact) mass is 2280 g/mol. The normalized spacial score (nSPS) is 11.1. The molecule has 0 unspecified atom stereocenters. The minimum atomic E-state index is -0.00900. The number of carbonyl (C=O) groups is 2. The smallest absolute Gasteiger partial charge is 0.196 e. The Balaban J connectivity index is 0.000000205. The molecule has 1 fully saturated rings. The molecule has 547 valence electrons. The molecule has 15 rings (SSSR count). The van der Waals surface area contributed by atoms with Crippen molar-refractivity contribution in [2.75, 3.05) is 41.9 Å². The molecule has 0 saturated carbocycles. The third kappa shape index (κ3) is 21.6. The Morgan fingerprint density at radius 1 is 0.410 bits per heavy atom. The van der Waals surface area contributed by atoms with E-state index in [1.54, 1.807) is 24.0 Å². The second kappa shape index (κ2) is 42.8. The second-order valence-corrected chi connectivity index (χ2v) is 23.9. The van der Waals surface area contributed by atoms with Crippen molar-refractivity contribution in [2.24, 2.45) is 0 Å². The van der Waals surface area contributed by atoms with E-state index in [2.05, 4.69) is 152 Å². The summed E-state index contributed by atoms with van der Waals surface area (Å²) >= 11 is 0. The van der Waals surface area contributed by atoms with Crippen LogP contribution >= 0.6 is 0 Å². The largest absolute Gasteiger partial charge is 0.362 e. The van der Waals surface area contributed by atoms with Gasteiger partial charge in [-0.1, -0.05) is 117 Å². The fourth-order valence-corrected chi connectivity index (χ4v) is 11.8. The van der Waals surface area contributed by atoms with Crippen LogP contribution in [0.5, 0.6) is 0 Å². The zero-order chi connectivity index (χ0) is 69.6. The first-order valence-electron chi connectivity index (χ1n) is 33.6. The topological polar surface area (TPSA) is 133 Å². The van der Waals surface area contributed by atoms with Gasteiger partial charge in [0.2, 0.25) is 0 Å². The summed E-state index contributed by atoms with van der Waals surface area (Å²) in [6, 6.07) is 95.3. The maximum atomic E-state index is 12.4. The van der Waals surface area contributed by atoms with Crippen LogP contribution in [-0.4, -0.2) is 87.7 Å². The number of carbonyl (C=O) groups excluding carboxylic acids is 2. The molecule has 1 aliphatic heterocycles. The molecule has 0 spiro atoms. The van der Waals surface area contributed by atoms with Crippen molar-refractivity contribution >= 4 is 40.4 Å². The van der Waals surface area contributed by atoms with Gasteiger partial charge in [0.25, 0.3) is 0 Å². The predicted molar refractivity (Wildman–Crippen MR) is 401 cm³/mol. The third-order valence-electron chi connectivity index (χ3n) is 16.8. The Kier molecular flexibility index (Phi) is 34.7. The van der Waals surface area contributed by atoms with Gasteiger partial charge in [-0.3, -0.25) is 23.9 Å². The molecule has 0 aliphatic carbocycles. The van der Waals surface area contributed by atoms with Crippen LogP contribution in [0.4, 0.5) is 28.8 Å². The molecule has 1 saturated heterocycles. The number of anilines is 5. The van der Waals surface area contributed by atoms with E-state index in [0.717, 1.165) is 99.3 Å². The zero-order valence-electron chi connectivity index (χ0n) is 59.2. The SMILES string of the molecule is CC(=O)c1cnn(-c2[c-]cccc2)c1N1CCCCCC1.CCc1cnn(-c2[c-]cccc2)c1N(c1ccccc1)c1ccccc1.Cc1c(-c2ccccc2)cnn1-c1[c-]cccc1.Cc1c(C(=O)c2ccccc2)cnn1-c1[c-]cccc1.Cc1cnn(-c2[c-]cccc2)c1N(C)C.[Ir].[Ir].[Ir].[Ir].[Ir]. The molecule has 6 heterocycles. The summed E-state index contributed by atoms with van der Waals surface area (Å²) in [7, 11) is 4.03. The predicted octanol–water partition coefficient (Wildman–Crippen LogP) is 17.9. The average Bonchev–Trinajstić information content (AvgIpc) is 1.75. The molecule has 0 amide bonds. The summed E-state index contributed by atoms with van der Waals surface area (Å²) in [5.41, 5.74) is 15.4. The van der Waals surface area contributed by atoms with E-state index in [-0.39, 0.29) is 112 Å². The third-order valence-corrected chi connectivity index (χ3v) is 16.8. The van der Waals surface area contributed by atoms with E-state index in [1.165, 1.54) is 36.8 Å². The van der Waals surface area contributed by atoms with Gasteiger partial charge in [0.05, 0.1) is 42.1 Å². The van der Waals surface area contributed by atoms with Crippen molar-refractivity contribution in [3.05, 3.63) is 343 Å². The zero-order valence-corrected chi connectivity index (χ0v) is 71.2. The molecule has 0 atom stereocenters. The first kappa shape index (κ1) is 84.9. The average molecular weight is 2280 g/mol. The number of ketones is 2. The molecule has 15 nitrogen and oxygen atoms in total. The van der Waals surface area contributed by atoms with Crippen LogP contribution in [0.2, 0.25) is 0 Å². The Morgan fingerprint density at radius 2 is 0.790 bits per heavy atom. The Labute approximate surface area is 684 Å². The summed E-state index contributed by atoms with van der Waals surface area (Å²) in [5.74, 6) is 3.12. The molecule has 5 radical (unpaired) electrons. The van der Waals surface area contributed by atoms with Crippen molar-refractivity contribution in [2.45, 2.75) is 66.7 Å². The summed E-state index contributed by atoms with van der Waals surface area (Å²) in [5, 5.41) is 22.2. The van der Waals surface area contributed by atoms with Gasteiger partial charge >= 0.3 is 0 Å². The van der Waals surface area contributed by atoms with E-state index < -0.39 is 0 Å². The van der Waals surface area contributed by atoms with Gasteiger partial charge in [0.1, 0.15) is 17.5 Å². The van der Waals surface area contributed by atoms with Gasteiger partial charge < -0.3 is 9.80 Å². The maximum absolute atomic E-state index is 12.4. The number of benzene rings is 9. The van der Waals surface area contributed by atoms with E-state index in [9.17, 15) is 9.59 Å². The van der Waals surface area contributed by atoms with E-state index in [1.807, 2.05) is 240 Å². The van der Waals surface area contributed by atoms with E-state index >= 15 is 0 Å². The van der Waals surface area contributed by atoms with Gasteiger partial charge in [-0.05, 0) is 105 Å². The standard InChI is InChI=1S/C23H20N3.C17H20N3O.C17H13N2O.C16H13N2.C12H14N3.5Ir/c1-2-19-18-24-26(22-16-10-5-11-17-22)23(19)25(20-12-6-3-7-13-20)21-14-8-4-9-15-21;1-14(21)16-13-18-20(15-9-5-4-6-10-15)17(16)19-11-7-2-3-8-12-19;1-13-16(17(20)14-8-4-2-5-9-14)12-18-19(13)15-10-6-3-7-11-15;1-13-16(14-8-4-2-5-9-14)12-17-18(13)15-10-6-3-7-11-15;1-10-9-13-15(12(10)14(2)3)11-7-5-4-6-8-11;;;;;/h3-16,18H,2H2,1H3;4-6,9,13H,2-3,7-8,11-12H2,1H3;2-10,12H,1H3;2-10,12H,1H3;4-7,9H,1-3H3;;;;;/q5*-1;;;;;. The Bertz CT molecular complexity index is 4730. The number of nitrogens with zero attached hydrogens (tertiary/aromatic N) is 13. The molecule has 20 heteroatoms. The van der Waals surface area contributed by atoms with Crippen LogP contribution < -0.4 is 14.7 Å². The van der Waals surface area contributed by atoms with Gasteiger partial charge in [0, 0.05) is 173 Å². The number of para-hydroxylation sites is 7. The van der Waals surface area contributed by atoms with Gasteiger partial charge in [-0.15, -0.1) is 30.3 Å². The number of Topliss-reactive ketones (excluding diaryl/α,β-unsaturated/α-hetero) is 1. The first-order valence-corrected chi connectivity index (χ1v) is 33.6. The van der Waals surface area contributed by atoms with Crippen molar-refractivity contribution in [1.82, 2.24) is 48.9 Å². The Morgan fingerprint density at radius 3 is 1.24 bits per heavy atom. The molecule has 0 bridgehead atoms. The molecule has 5 aromatic heterocycles. The van der Waals surface area contributed by atoms with Gasteiger partial charge in [-0.25, -0.2) is 14.0 Å². The summed E-state index contributed by atoms with van der Waals surface area (Å²) in [4.78, 5) is 31.0. The van der Waals surface area contributed by atoms with Gasteiger partial charge in [0.15, 0.2) is 11.6 Å². The molecular formula is C85H80Ir5N13O2-5. The minimum Gasteiger partial charge on any atom is -0.362 e. The first-order chi connectivity index (χ1) is 49.0. The van der Waals surface area contributed by atoms with Crippen molar-refractivity contribution in [1.29, 1.82) is 0 Å². The van der Waals surface area contributed by atoms with Crippen LogP contribution in [0.3, 0.4) is 0 Å². The maximum Gasteiger partial charge on any atom is 0.196 e. The molecule has 1 aliphatic rings. The number of aromatic nitrogens is 10. The van der Waals surface area contributed by atoms with Crippen LogP contribution in [0.15, 0.2) is 274 Å². The molecule has 105 heavy (non-hydrogen) atoms. The van der Waals surface area contributed by atoms with Crippen LogP contribution in [-0.2, 0) is 107 Å². The van der Waals surface area contributed by atoms with Crippen molar-refractivity contribution in [3.8, 4) is 39.6 Å². The fraction of sp³-hybridized carbons (Fsp3) is 0.165. The van der Waals surface area contributed by atoms with Crippen molar-refractivity contribution < 1.29 is 110 Å². The number of rotatable bonds is 15. The number of hydrogen-bond donors (Lipinski definition) is 0. The van der Waals surface area contributed by atoms with Gasteiger partial charge in [-0.2, -0.15) is 147 Å². The summed E-state index contributed by atoms with van der Waals surface area (Å²) in [6.45, 7) is 11.8. The van der Waals surface area contributed by atoms with E-state index in [4.69, 9.17) is 0 Å². The Hall–Kier alpha value is -8.98. The summed E-state index contributed by atoms with van der Waals surface area (Å²) < 4.78 is 9.37. The van der Waals surface area contributed by atoms with E-state index in [0.29, 0.717) is 16.7 Å². The van der Waals surface area contributed by atoms with Crippen LogP contribution in [0.25, 0.3) is 39.6 Å². The minimum absolute atomic E-state index is 0. The molecule has 0 N–H and O–H groups in total. The van der Waals surface area contributed by atoms with Crippen LogP contribution in [0, 0.1) is 51.1 Å². The molecule has 9 aromatic carbocycles. The molecular weight excluding hydrogens is 2200 g/mol. The fourth-order valence-electron chi connectivity index (χ4n) is 11.8.